The third-order valence-corrected chi connectivity index (χ3v) is 11.1. The highest BCUT2D eigenvalue weighted by Gasteiger charge is 2.54. The number of carbonyl (C=O) groups is 7. The molecule has 0 bridgehead atoms. The van der Waals surface area contributed by atoms with Crippen molar-refractivity contribution in [2.24, 2.45) is 5.41 Å². The molecule has 0 unspecified atom stereocenters. The Labute approximate surface area is 351 Å². The number of aromatic hydroxyl groups is 2. The topological polar surface area (TPSA) is 227 Å². The van der Waals surface area contributed by atoms with Gasteiger partial charge in [0, 0.05) is 108 Å². The number of fused-ring (bicyclic) bond motifs is 6. The fraction of sp³-hybridized carbons (Fsp3) is 0.356. The molecule has 0 fully saturated rings. The highest BCUT2D eigenvalue weighted by molar-refractivity contribution is 6.25. The molecule has 16 heteroatoms. The Bertz CT molecular complexity index is 2380. The molecule has 2 heterocycles. The number of rotatable bonds is 14. The summed E-state index contributed by atoms with van der Waals surface area (Å²) in [6, 6.07) is 13.4. The molecule has 320 valence electrons. The van der Waals surface area contributed by atoms with E-state index in [4.69, 9.17) is 14.2 Å². The fourth-order valence-electron chi connectivity index (χ4n) is 7.82. The summed E-state index contributed by atoms with van der Waals surface area (Å²) < 4.78 is 17.2. The van der Waals surface area contributed by atoms with Crippen molar-refractivity contribution in [3.8, 4) is 23.0 Å². The number of nitrogens with one attached hydrogen (secondary N) is 3. The van der Waals surface area contributed by atoms with Crippen molar-refractivity contribution in [2.75, 3.05) is 39.8 Å². The Kier molecular flexibility index (Phi) is 12.4. The first-order valence-corrected chi connectivity index (χ1v) is 19.8. The van der Waals surface area contributed by atoms with Crippen LogP contribution in [0.2, 0.25) is 0 Å². The normalized spacial score (nSPS) is 15.0. The van der Waals surface area contributed by atoms with Crippen LogP contribution >= 0.6 is 0 Å². The fourth-order valence-corrected chi connectivity index (χ4v) is 7.82. The van der Waals surface area contributed by atoms with Gasteiger partial charge in [-0.15, -0.1) is 0 Å². The third-order valence-electron chi connectivity index (χ3n) is 11.1. The molecule has 0 saturated heterocycles. The number of ketones is 2. The van der Waals surface area contributed by atoms with Crippen molar-refractivity contribution in [3.63, 3.8) is 0 Å². The van der Waals surface area contributed by atoms with Gasteiger partial charge < -0.3 is 45.3 Å². The van der Waals surface area contributed by atoms with Crippen molar-refractivity contribution in [2.45, 2.75) is 59.5 Å². The van der Waals surface area contributed by atoms with E-state index in [1.807, 2.05) is 0 Å². The van der Waals surface area contributed by atoms with Gasteiger partial charge in [0.15, 0.2) is 17.2 Å². The standard InChI is InChI=1S/C45H48N4O12/c1-24-25(2)40(55)38(26(3)39(24)54)44(4,5)23-37(53)49(6)18-17-48-43(58)59-19-7-8-36(52)46-15-16-47-41(56)27-9-12-31-30(20-27)42(57)61-45(31)32-13-10-28(50)21-34(32)60-35-22-29(51)11-14-33(35)45/h9-14,20-22,50-51H,7-8,15-19,23H2,1-6H3,(H,46,52)(H,47,56)(H,48,58). The predicted octanol–water partition coefficient (Wildman–Crippen LogP) is 4.70. The van der Waals surface area contributed by atoms with Gasteiger partial charge in [0.2, 0.25) is 11.8 Å². The summed E-state index contributed by atoms with van der Waals surface area (Å²) in [5.74, 6) is -1.86. The molecule has 61 heavy (non-hydrogen) atoms. The highest BCUT2D eigenvalue weighted by atomic mass is 16.6. The molecular formula is C45H48N4O12. The molecule has 4 amide bonds. The maximum atomic E-state index is 13.4. The summed E-state index contributed by atoms with van der Waals surface area (Å²) in [6.45, 7) is 8.79. The van der Waals surface area contributed by atoms with E-state index in [0.717, 1.165) is 0 Å². The van der Waals surface area contributed by atoms with Gasteiger partial charge in [-0.25, -0.2) is 9.59 Å². The quantitative estimate of drug-likeness (QED) is 0.0847. The average Bonchev–Trinajstić information content (AvgIpc) is 3.50. The zero-order valence-corrected chi connectivity index (χ0v) is 34.8. The minimum atomic E-state index is -1.46. The lowest BCUT2D eigenvalue weighted by molar-refractivity contribution is -0.131. The molecule has 0 atom stereocenters. The summed E-state index contributed by atoms with van der Waals surface area (Å²) in [5.41, 5.74) is 0.832. The maximum absolute atomic E-state index is 13.4. The van der Waals surface area contributed by atoms with Crippen LogP contribution in [0.5, 0.6) is 23.0 Å². The van der Waals surface area contributed by atoms with Crippen LogP contribution in [0, 0.1) is 5.41 Å². The Balaban J connectivity index is 0.899. The number of allylic oxidation sites excluding steroid dienone is 4. The molecule has 5 N–H and O–H groups in total. The van der Waals surface area contributed by atoms with Crippen molar-refractivity contribution in [1.29, 1.82) is 0 Å². The smallest absolute Gasteiger partial charge is 0.407 e. The first kappa shape index (κ1) is 43.6. The van der Waals surface area contributed by atoms with Gasteiger partial charge in [-0.05, 0) is 63.6 Å². The van der Waals surface area contributed by atoms with Gasteiger partial charge in [0.1, 0.15) is 23.0 Å². The number of hydrogen-bond acceptors (Lipinski definition) is 12. The number of likely N-dealkylation sites (N-methyl/N-ethyl adjacent to an activating group) is 1. The molecule has 0 saturated carbocycles. The van der Waals surface area contributed by atoms with E-state index in [1.165, 1.54) is 35.2 Å². The summed E-state index contributed by atoms with van der Waals surface area (Å²) in [5, 5.41) is 28.2. The molecule has 2 aliphatic heterocycles. The van der Waals surface area contributed by atoms with E-state index in [0.29, 0.717) is 39.0 Å². The Hall–Kier alpha value is -6.97. The lowest BCUT2D eigenvalue weighted by Gasteiger charge is -2.36. The molecule has 16 nitrogen and oxygen atoms in total. The van der Waals surface area contributed by atoms with E-state index >= 15 is 0 Å². The number of phenolic OH excluding ortho intramolecular Hbond substituents is 2. The minimum absolute atomic E-state index is 0.0147. The van der Waals surface area contributed by atoms with Gasteiger partial charge in [-0.3, -0.25) is 24.0 Å². The number of phenols is 2. The molecule has 3 aromatic carbocycles. The average molecular weight is 837 g/mol. The van der Waals surface area contributed by atoms with Crippen LogP contribution in [-0.2, 0) is 34.3 Å². The second kappa shape index (κ2) is 17.3. The number of hydrogen-bond donors (Lipinski definition) is 5. The summed E-state index contributed by atoms with van der Waals surface area (Å²) >= 11 is 0. The molecular weight excluding hydrogens is 789 g/mol. The second-order valence-corrected chi connectivity index (χ2v) is 15.9. The number of esters is 1. The number of amides is 4. The van der Waals surface area contributed by atoms with Crippen molar-refractivity contribution >= 4 is 41.4 Å². The Morgan fingerprint density at radius 1 is 0.770 bits per heavy atom. The van der Waals surface area contributed by atoms with Gasteiger partial charge >= 0.3 is 12.1 Å². The molecule has 1 aliphatic carbocycles. The van der Waals surface area contributed by atoms with Crippen LogP contribution in [0.1, 0.15) is 91.3 Å². The van der Waals surface area contributed by atoms with E-state index < -0.39 is 29.0 Å². The zero-order valence-electron chi connectivity index (χ0n) is 34.8. The summed E-state index contributed by atoms with van der Waals surface area (Å²) in [4.78, 5) is 91.1. The van der Waals surface area contributed by atoms with Gasteiger partial charge in [0.05, 0.1) is 12.2 Å². The predicted molar refractivity (Wildman–Crippen MR) is 219 cm³/mol. The second-order valence-electron chi connectivity index (χ2n) is 15.9. The Morgan fingerprint density at radius 2 is 1.38 bits per heavy atom. The molecule has 0 aromatic heterocycles. The van der Waals surface area contributed by atoms with Gasteiger partial charge in [-0.2, -0.15) is 0 Å². The van der Waals surface area contributed by atoms with Crippen LogP contribution in [0.3, 0.4) is 0 Å². The van der Waals surface area contributed by atoms with Crippen molar-refractivity contribution in [3.05, 3.63) is 105 Å². The highest BCUT2D eigenvalue weighted by Crippen LogP contribution is 2.57. The van der Waals surface area contributed by atoms with Crippen molar-refractivity contribution in [1.82, 2.24) is 20.9 Å². The first-order chi connectivity index (χ1) is 28.8. The van der Waals surface area contributed by atoms with E-state index in [9.17, 15) is 43.8 Å². The lowest BCUT2D eigenvalue weighted by Crippen LogP contribution is -2.39. The molecule has 3 aliphatic rings. The third kappa shape index (κ3) is 8.69. The number of ether oxygens (including phenoxy) is 3. The summed E-state index contributed by atoms with van der Waals surface area (Å²) in [7, 11) is 1.58. The maximum Gasteiger partial charge on any atom is 0.407 e. The van der Waals surface area contributed by atoms with Crippen molar-refractivity contribution < 1.29 is 58.0 Å². The lowest BCUT2D eigenvalue weighted by atomic mass is 9.71. The number of carbonyl (C=O) groups excluding carboxylic acids is 7. The largest absolute Gasteiger partial charge is 0.508 e. The van der Waals surface area contributed by atoms with Gasteiger partial charge in [-0.1, -0.05) is 19.9 Å². The minimum Gasteiger partial charge on any atom is -0.508 e. The zero-order chi connectivity index (χ0) is 44.4. The Morgan fingerprint density at radius 3 is 2.03 bits per heavy atom. The molecule has 1 spiro atoms. The molecule has 3 aromatic rings. The SMILES string of the molecule is CC1=C(C)C(=O)C(C(C)(C)CC(=O)N(C)CCNC(=O)OCCCC(=O)NCCNC(=O)c2ccc3c(c2)C(=O)OC32c3ccc(O)cc3Oc3cc(O)ccc32)=C(C)C1=O. The number of Topliss-reactive ketones (excluding diaryl/α,β-unsaturated/α-hetero) is 2. The van der Waals surface area contributed by atoms with Crippen LogP contribution in [0.25, 0.3) is 0 Å². The van der Waals surface area contributed by atoms with Gasteiger partial charge in [0.25, 0.3) is 5.91 Å². The van der Waals surface area contributed by atoms with E-state index in [-0.39, 0.29) is 110 Å². The first-order valence-electron chi connectivity index (χ1n) is 19.8. The van der Waals surface area contributed by atoms with E-state index in [1.54, 1.807) is 65.9 Å². The number of alkyl carbamates (subject to hydrolysis) is 1. The van der Waals surface area contributed by atoms with Crippen LogP contribution in [0.15, 0.2) is 76.9 Å². The molecule has 6 rings (SSSR count). The number of nitrogens with zero attached hydrogens (tertiary/aromatic N) is 1. The number of benzene rings is 3. The molecule has 0 radical (unpaired) electrons. The van der Waals surface area contributed by atoms with Crippen LogP contribution in [-0.4, -0.2) is 96.3 Å². The van der Waals surface area contributed by atoms with E-state index in [2.05, 4.69) is 16.0 Å². The monoisotopic (exact) mass is 836 g/mol. The van der Waals surface area contributed by atoms with Crippen LogP contribution < -0.4 is 20.7 Å². The van der Waals surface area contributed by atoms with Crippen LogP contribution in [0.4, 0.5) is 4.79 Å². The summed E-state index contributed by atoms with van der Waals surface area (Å²) in [6.07, 6.45) is -0.441.